The Morgan fingerprint density at radius 1 is 1.28 bits per heavy atom. The molecule has 2 amide bonds. The van der Waals surface area contributed by atoms with Gasteiger partial charge in [-0.1, -0.05) is 24.3 Å². The van der Waals surface area contributed by atoms with E-state index in [0.29, 0.717) is 26.1 Å². The van der Waals surface area contributed by atoms with E-state index in [1.807, 2.05) is 24.3 Å². The first-order valence-electron chi connectivity index (χ1n) is 8.85. The fourth-order valence-corrected chi connectivity index (χ4v) is 3.72. The highest BCUT2D eigenvalue weighted by Crippen LogP contribution is 2.28. The zero-order valence-corrected chi connectivity index (χ0v) is 14.2. The van der Waals surface area contributed by atoms with Crippen LogP contribution in [0, 0.1) is 11.8 Å². The number of benzene rings is 1. The van der Waals surface area contributed by atoms with E-state index in [4.69, 9.17) is 10.5 Å². The van der Waals surface area contributed by atoms with Crippen LogP contribution in [0.15, 0.2) is 24.3 Å². The maximum absolute atomic E-state index is 12.5. The average Bonchev–Trinajstić information content (AvgIpc) is 3.13. The van der Waals surface area contributed by atoms with E-state index in [-0.39, 0.29) is 29.9 Å². The molecule has 0 saturated carbocycles. The summed E-state index contributed by atoms with van der Waals surface area (Å²) in [5, 5.41) is 2.73. The van der Waals surface area contributed by atoms with Gasteiger partial charge in [0.05, 0.1) is 6.61 Å². The lowest BCUT2D eigenvalue weighted by atomic mass is 9.80. The quantitative estimate of drug-likeness (QED) is 0.810. The first-order valence-corrected chi connectivity index (χ1v) is 8.85. The molecule has 0 spiro atoms. The molecule has 1 aromatic carbocycles. The Morgan fingerprint density at radius 2 is 2.08 bits per heavy atom. The summed E-state index contributed by atoms with van der Waals surface area (Å²) >= 11 is 0. The Hall–Kier alpha value is -2.21. The lowest BCUT2D eigenvalue weighted by Gasteiger charge is -2.24. The molecule has 3 unspecified atom stereocenters. The first kappa shape index (κ1) is 17.6. The third-order valence-corrected chi connectivity index (χ3v) is 5.19. The Labute approximate surface area is 147 Å². The summed E-state index contributed by atoms with van der Waals surface area (Å²) in [6.45, 7) is 1.02. The predicted molar refractivity (Wildman–Crippen MR) is 91.9 cm³/mol. The summed E-state index contributed by atoms with van der Waals surface area (Å²) in [5.41, 5.74) is 7.28. The highest BCUT2D eigenvalue weighted by Gasteiger charge is 2.32. The third kappa shape index (κ3) is 4.07. The van der Waals surface area contributed by atoms with Crippen molar-refractivity contribution in [3.8, 4) is 0 Å². The molecule has 2 aliphatic rings. The summed E-state index contributed by atoms with van der Waals surface area (Å²) in [7, 11) is 0. The van der Waals surface area contributed by atoms with Crippen LogP contribution < -0.4 is 11.1 Å². The normalized spacial score (nSPS) is 23.8. The smallest absolute Gasteiger partial charge is 0.240 e. The number of aryl methyl sites for hydroxylation is 1. The van der Waals surface area contributed by atoms with Crippen molar-refractivity contribution < 1.29 is 19.1 Å². The molecule has 3 N–H and O–H groups in total. The van der Waals surface area contributed by atoms with Gasteiger partial charge in [-0.2, -0.15) is 0 Å². The van der Waals surface area contributed by atoms with Gasteiger partial charge in [-0.3, -0.25) is 14.4 Å². The van der Waals surface area contributed by atoms with Crippen molar-refractivity contribution in [2.45, 2.75) is 38.1 Å². The topological polar surface area (TPSA) is 98.5 Å². The molecule has 1 aliphatic heterocycles. The lowest BCUT2D eigenvalue weighted by molar-refractivity contribution is -0.128. The van der Waals surface area contributed by atoms with Gasteiger partial charge < -0.3 is 15.8 Å². The van der Waals surface area contributed by atoms with Crippen molar-refractivity contribution in [3.63, 3.8) is 0 Å². The van der Waals surface area contributed by atoms with Crippen LogP contribution in [0.1, 0.15) is 41.6 Å². The maximum Gasteiger partial charge on any atom is 0.240 e. The van der Waals surface area contributed by atoms with E-state index in [1.54, 1.807) is 0 Å². The minimum Gasteiger partial charge on any atom is -0.381 e. The van der Waals surface area contributed by atoms with Crippen molar-refractivity contribution in [1.82, 2.24) is 5.32 Å². The number of fused-ring (bicyclic) bond motifs is 1. The Balaban J connectivity index is 1.54. The van der Waals surface area contributed by atoms with E-state index in [1.165, 1.54) is 0 Å². The number of nitrogens with two attached hydrogens (primary N) is 1. The molecule has 1 aliphatic carbocycles. The van der Waals surface area contributed by atoms with Gasteiger partial charge in [0, 0.05) is 30.4 Å². The molecule has 0 radical (unpaired) electrons. The van der Waals surface area contributed by atoms with Crippen molar-refractivity contribution in [2.75, 3.05) is 13.2 Å². The Morgan fingerprint density at radius 3 is 2.80 bits per heavy atom. The fourth-order valence-electron chi connectivity index (χ4n) is 3.72. The lowest BCUT2D eigenvalue weighted by Crippen LogP contribution is -2.49. The summed E-state index contributed by atoms with van der Waals surface area (Å²) in [6, 6.07) is 6.95. The van der Waals surface area contributed by atoms with Gasteiger partial charge in [0.25, 0.3) is 0 Å². The Bertz CT molecular complexity index is 667. The van der Waals surface area contributed by atoms with Crippen LogP contribution in [0.2, 0.25) is 0 Å². The minimum absolute atomic E-state index is 0.0651. The zero-order chi connectivity index (χ0) is 17.8. The monoisotopic (exact) mass is 344 g/mol. The predicted octanol–water partition coefficient (Wildman–Crippen LogP) is 1.22. The number of ketones is 1. The molecule has 3 atom stereocenters. The zero-order valence-electron chi connectivity index (χ0n) is 14.2. The second kappa shape index (κ2) is 7.78. The number of carbonyl (C=O) groups is 3. The van der Waals surface area contributed by atoms with Gasteiger partial charge in [-0.15, -0.1) is 0 Å². The molecule has 3 rings (SSSR count). The molecule has 0 bridgehead atoms. The van der Waals surface area contributed by atoms with Crippen molar-refractivity contribution >= 4 is 17.6 Å². The fraction of sp³-hybridized carbons (Fsp3) is 0.526. The SMILES string of the molecule is NC(=O)C(NC(=O)CCC1CCc2ccccc2C1=O)C1CCOC1. The second-order valence-corrected chi connectivity index (χ2v) is 6.87. The van der Waals surface area contributed by atoms with Crippen LogP contribution >= 0.6 is 0 Å². The van der Waals surface area contributed by atoms with Crippen molar-refractivity contribution in [2.24, 2.45) is 17.6 Å². The number of primary amides is 1. The molecule has 1 aromatic rings. The highest BCUT2D eigenvalue weighted by atomic mass is 16.5. The second-order valence-electron chi connectivity index (χ2n) is 6.87. The number of ether oxygens (including phenoxy) is 1. The summed E-state index contributed by atoms with van der Waals surface area (Å²) in [6.07, 6.45) is 3.05. The molecule has 0 aromatic heterocycles. The number of Topliss-reactive ketones (excluding diaryl/α,β-unsaturated/α-hetero) is 1. The molecule has 1 saturated heterocycles. The molecule has 1 heterocycles. The Kier molecular flexibility index (Phi) is 5.48. The van der Waals surface area contributed by atoms with Crippen LogP contribution in [0.25, 0.3) is 0 Å². The van der Waals surface area contributed by atoms with E-state index in [0.717, 1.165) is 24.0 Å². The van der Waals surface area contributed by atoms with Gasteiger partial charge in [0.2, 0.25) is 11.8 Å². The van der Waals surface area contributed by atoms with Gasteiger partial charge >= 0.3 is 0 Å². The summed E-state index contributed by atoms with van der Waals surface area (Å²) in [4.78, 5) is 36.4. The van der Waals surface area contributed by atoms with E-state index in [2.05, 4.69) is 5.32 Å². The summed E-state index contributed by atoms with van der Waals surface area (Å²) in [5.74, 6) is -0.855. The maximum atomic E-state index is 12.5. The first-order chi connectivity index (χ1) is 12.1. The molecule has 1 fully saturated rings. The number of hydrogen-bond acceptors (Lipinski definition) is 4. The summed E-state index contributed by atoms with van der Waals surface area (Å²) < 4.78 is 5.27. The number of amides is 2. The van der Waals surface area contributed by atoms with Crippen molar-refractivity contribution in [3.05, 3.63) is 35.4 Å². The van der Waals surface area contributed by atoms with Gasteiger partial charge in [-0.25, -0.2) is 0 Å². The van der Waals surface area contributed by atoms with Crippen LogP contribution in [-0.2, 0) is 20.7 Å². The van der Waals surface area contributed by atoms with E-state index in [9.17, 15) is 14.4 Å². The van der Waals surface area contributed by atoms with Crippen LogP contribution in [0.4, 0.5) is 0 Å². The van der Waals surface area contributed by atoms with E-state index >= 15 is 0 Å². The molecule has 6 heteroatoms. The third-order valence-electron chi connectivity index (χ3n) is 5.19. The van der Waals surface area contributed by atoms with Crippen LogP contribution in [-0.4, -0.2) is 36.9 Å². The van der Waals surface area contributed by atoms with Gasteiger partial charge in [-0.05, 0) is 31.2 Å². The van der Waals surface area contributed by atoms with Crippen molar-refractivity contribution in [1.29, 1.82) is 0 Å². The van der Waals surface area contributed by atoms with Gasteiger partial charge in [0.15, 0.2) is 5.78 Å². The number of nitrogens with one attached hydrogen (secondary N) is 1. The number of hydrogen-bond donors (Lipinski definition) is 2. The molecular weight excluding hydrogens is 320 g/mol. The van der Waals surface area contributed by atoms with Gasteiger partial charge in [0.1, 0.15) is 6.04 Å². The highest BCUT2D eigenvalue weighted by molar-refractivity contribution is 6.00. The molecular formula is C19H24N2O4. The van der Waals surface area contributed by atoms with E-state index < -0.39 is 11.9 Å². The minimum atomic E-state index is -0.696. The largest absolute Gasteiger partial charge is 0.381 e. The van der Waals surface area contributed by atoms with Crippen LogP contribution in [0.5, 0.6) is 0 Å². The molecule has 25 heavy (non-hydrogen) atoms. The standard InChI is InChI=1S/C19H24N2O4/c20-19(24)17(14-9-10-25-11-14)21-16(22)8-7-13-6-5-12-3-1-2-4-15(12)18(13)23/h1-4,13-14,17H,5-11H2,(H2,20,24)(H,21,22). The van der Waals surface area contributed by atoms with Crippen LogP contribution in [0.3, 0.4) is 0 Å². The molecule has 134 valence electrons. The number of rotatable bonds is 6. The molecule has 6 nitrogen and oxygen atoms in total. The number of carbonyl (C=O) groups excluding carboxylic acids is 3. The average molecular weight is 344 g/mol.